The van der Waals surface area contributed by atoms with E-state index in [-0.39, 0.29) is 12.5 Å². The average molecular weight is 265 g/mol. The molecular weight excluding hydrogens is 242 g/mol. The van der Waals surface area contributed by atoms with Gasteiger partial charge in [0.25, 0.3) is 5.91 Å². The third-order valence-corrected chi connectivity index (χ3v) is 2.72. The molecule has 0 fully saturated rings. The van der Waals surface area contributed by atoms with Crippen LogP contribution in [0.2, 0.25) is 0 Å². The maximum atomic E-state index is 12.2. The fraction of sp³-hybridized carbons (Fsp3) is 0.533. The first kappa shape index (κ1) is 15.5. The summed E-state index contributed by atoms with van der Waals surface area (Å²) in [6, 6.07) is 7.17. The third kappa shape index (κ3) is 4.91. The fourth-order valence-electron chi connectivity index (χ4n) is 1.80. The Bertz CT molecular complexity index is 369. The second kappa shape index (κ2) is 8.53. The number of carbonyl (C=O) groups is 1. The monoisotopic (exact) mass is 265 g/mol. The summed E-state index contributed by atoms with van der Waals surface area (Å²) in [6.07, 6.45) is 1.84. The van der Waals surface area contributed by atoms with Gasteiger partial charge >= 0.3 is 0 Å². The van der Waals surface area contributed by atoms with Crippen LogP contribution in [0, 0.1) is 0 Å². The predicted molar refractivity (Wildman–Crippen MR) is 75.5 cm³/mol. The minimum atomic E-state index is -0.0436. The van der Waals surface area contributed by atoms with Gasteiger partial charge in [0.15, 0.2) is 0 Å². The topological polar surface area (TPSA) is 49.8 Å². The van der Waals surface area contributed by atoms with E-state index in [0.717, 1.165) is 18.6 Å². The zero-order valence-electron chi connectivity index (χ0n) is 11.8. The van der Waals surface area contributed by atoms with Gasteiger partial charge in [0.05, 0.1) is 13.2 Å². The molecule has 1 N–H and O–H groups in total. The van der Waals surface area contributed by atoms with Gasteiger partial charge in [-0.1, -0.05) is 13.8 Å². The van der Waals surface area contributed by atoms with Gasteiger partial charge in [0.1, 0.15) is 5.75 Å². The van der Waals surface area contributed by atoms with Crippen LogP contribution in [0.5, 0.6) is 5.75 Å². The number of hydrogen-bond donors (Lipinski definition) is 1. The molecule has 4 nitrogen and oxygen atoms in total. The molecule has 0 aliphatic heterocycles. The number of amides is 1. The Morgan fingerprint density at radius 3 is 2.37 bits per heavy atom. The highest BCUT2D eigenvalue weighted by Gasteiger charge is 2.14. The van der Waals surface area contributed by atoms with Crippen molar-refractivity contribution >= 4 is 5.91 Å². The van der Waals surface area contributed by atoms with Gasteiger partial charge in [-0.25, -0.2) is 0 Å². The summed E-state index contributed by atoms with van der Waals surface area (Å²) in [4.78, 5) is 13.9. The molecule has 0 spiro atoms. The smallest absolute Gasteiger partial charge is 0.253 e. The van der Waals surface area contributed by atoms with Crippen LogP contribution in [0.15, 0.2) is 24.3 Å². The zero-order chi connectivity index (χ0) is 14.1. The minimum Gasteiger partial charge on any atom is -0.494 e. The molecule has 0 radical (unpaired) electrons. The van der Waals surface area contributed by atoms with Crippen molar-refractivity contribution in [2.45, 2.75) is 26.7 Å². The van der Waals surface area contributed by atoms with Crippen LogP contribution < -0.4 is 4.74 Å². The molecule has 1 aromatic carbocycles. The zero-order valence-corrected chi connectivity index (χ0v) is 11.8. The van der Waals surface area contributed by atoms with E-state index in [0.29, 0.717) is 25.3 Å². The maximum Gasteiger partial charge on any atom is 0.253 e. The number of benzene rings is 1. The van der Waals surface area contributed by atoms with Crippen LogP contribution in [0.25, 0.3) is 0 Å². The lowest BCUT2D eigenvalue weighted by atomic mass is 10.2. The van der Waals surface area contributed by atoms with Crippen LogP contribution in [0.3, 0.4) is 0 Å². The quantitative estimate of drug-likeness (QED) is 0.784. The first-order valence-electron chi connectivity index (χ1n) is 6.85. The Balaban J connectivity index is 2.69. The maximum absolute atomic E-state index is 12.2. The molecule has 19 heavy (non-hydrogen) atoms. The Hall–Kier alpha value is -1.55. The fourth-order valence-corrected chi connectivity index (χ4v) is 1.80. The van der Waals surface area contributed by atoms with Gasteiger partial charge in [-0.05, 0) is 37.1 Å². The van der Waals surface area contributed by atoms with E-state index in [1.54, 1.807) is 17.0 Å². The summed E-state index contributed by atoms with van der Waals surface area (Å²) in [7, 11) is 0. The lowest BCUT2D eigenvalue weighted by Gasteiger charge is -2.21. The number of rotatable bonds is 8. The number of hydrogen-bond acceptors (Lipinski definition) is 3. The second-order valence-corrected chi connectivity index (χ2v) is 4.39. The molecule has 4 heteroatoms. The highest BCUT2D eigenvalue weighted by Crippen LogP contribution is 2.14. The minimum absolute atomic E-state index is 0.0105. The number of nitrogens with zero attached hydrogens (tertiary/aromatic N) is 1. The average Bonchev–Trinajstić information content (AvgIpc) is 2.44. The van der Waals surface area contributed by atoms with E-state index < -0.39 is 0 Å². The lowest BCUT2D eigenvalue weighted by molar-refractivity contribution is 0.0722. The summed E-state index contributed by atoms with van der Waals surface area (Å²) in [5.41, 5.74) is 0.630. The Morgan fingerprint density at radius 2 is 1.84 bits per heavy atom. The van der Waals surface area contributed by atoms with Crippen molar-refractivity contribution in [3.05, 3.63) is 29.8 Å². The van der Waals surface area contributed by atoms with E-state index in [1.807, 2.05) is 19.1 Å². The van der Waals surface area contributed by atoms with E-state index in [2.05, 4.69) is 6.92 Å². The molecule has 0 atom stereocenters. The van der Waals surface area contributed by atoms with E-state index in [1.165, 1.54) is 0 Å². The summed E-state index contributed by atoms with van der Waals surface area (Å²) in [6.45, 7) is 5.77. The van der Waals surface area contributed by atoms with Crippen LogP contribution in [-0.2, 0) is 0 Å². The first-order chi connectivity index (χ1) is 9.22. The predicted octanol–water partition coefficient (Wildman–Crippen LogP) is 2.32. The third-order valence-electron chi connectivity index (χ3n) is 2.72. The van der Waals surface area contributed by atoms with Crippen molar-refractivity contribution in [1.29, 1.82) is 0 Å². The van der Waals surface area contributed by atoms with Crippen molar-refractivity contribution < 1.29 is 14.6 Å². The molecule has 0 bridgehead atoms. The molecule has 0 saturated carbocycles. The highest BCUT2D eigenvalue weighted by molar-refractivity contribution is 5.94. The van der Waals surface area contributed by atoms with E-state index in [4.69, 9.17) is 9.84 Å². The largest absolute Gasteiger partial charge is 0.494 e. The normalized spacial score (nSPS) is 10.3. The lowest BCUT2D eigenvalue weighted by Crippen LogP contribution is -2.34. The van der Waals surface area contributed by atoms with Crippen molar-refractivity contribution in [2.24, 2.45) is 0 Å². The van der Waals surface area contributed by atoms with Gasteiger partial charge in [0.2, 0.25) is 0 Å². The first-order valence-corrected chi connectivity index (χ1v) is 6.85. The molecule has 0 saturated heterocycles. The molecule has 0 aliphatic carbocycles. The van der Waals surface area contributed by atoms with Gasteiger partial charge < -0.3 is 14.7 Å². The molecule has 1 aromatic rings. The summed E-state index contributed by atoms with van der Waals surface area (Å²) in [5.74, 6) is 0.737. The molecule has 1 rings (SSSR count). The van der Waals surface area contributed by atoms with Gasteiger partial charge in [0, 0.05) is 18.7 Å². The van der Waals surface area contributed by atoms with Crippen molar-refractivity contribution in [3.8, 4) is 5.75 Å². The number of ether oxygens (including phenoxy) is 1. The van der Waals surface area contributed by atoms with Crippen LogP contribution in [0.1, 0.15) is 37.0 Å². The highest BCUT2D eigenvalue weighted by atomic mass is 16.5. The second-order valence-electron chi connectivity index (χ2n) is 4.39. The number of carbonyl (C=O) groups excluding carboxylic acids is 1. The Kier molecular flexibility index (Phi) is 6.97. The molecule has 0 heterocycles. The SMILES string of the molecule is CCCOc1ccc(C(=O)N(CCC)CCO)cc1. The van der Waals surface area contributed by atoms with Crippen molar-refractivity contribution in [2.75, 3.05) is 26.3 Å². The number of aliphatic hydroxyl groups excluding tert-OH is 1. The standard InChI is InChI=1S/C15H23NO3/c1-3-9-16(10-11-17)15(18)13-5-7-14(8-6-13)19-12-4-2/h5-8,17H,3-4,9-12H2,1-2H3. The van der Waals surface area contributed by atoms with E-state index >= 15 is 0 Å². The van der Waals surface area contributed by atoms with Crippen molar-refractivity contribution in [3.63, 3.8) is 0 Å². The van der Waals surface area contributed by atoms with Crippen molar-refractivity contribution in [1.82, 2.24) is 4.90 Å². The molecule has 0 aromatic heterocycles. The van der Waals surface area contributed by atoms with Crippen LogP contribution in [0.4, 0.5) is 0 Å². The van der Waals surface area contributed by atoms with Gasteiger partial charge in [-0.2, -0.15) is 0 Å². The van der Waals surface area contributed by atoms with Crippen LogP contribution in [-0.4, -0.2) is 42.2 Å². The van der Waals surface area contributed by atoms with E-state index in [9.17, 15) is 4.79 Å². The molecular formula is C15H23NO3. The Morgan fingerprint density at radius 1 is 1.16 bits per heavy atom. The summed E-state index contributed by atoms with van der Waals surface area (Å²) < 4.78 is 5.48. The van der Waals surface area contributed by atoms with Gasteiger partial charge in [-0.3, -0.25) is 4.79 Å². The molecule has 1 amide bonds. The summed E-state index contributed by atoms with van der Waals surface area (Å²) in [5, 5.41) is 8.99. The number of aliphatic hydroxyl groups is 1. The summed E-state index contributed by atoms with van der Waals surface area (Å²) >= 11 is 0. The molecule has 106 valence electrons. The van der Waals surface area contributed by atoms with Gasteiger partial charge in [-0.15, -0.1) is 0 Å². The Labute approximate surface area is 115 Å². The molecule has 0 aliphatic rings. The molecule has 0 unspecified atom stereocenters. The van der Waals surface area contributed by atoms with Crippen LogP contribution >= 0.6 is 0 Å².